The van der Waals surface area contributed by atoms with Crippen LogP contribution in [0.5, 0.6) is 0 Å². The molecule has 1 N–H and O–H groups in total. The largest absolute Gasteiger partial charge is 0.390 e. The van der Waals surface area contributed by atoms with Gasteiger partial charge in [0.05, 0.1) is 19.1 Å². The smallest absolute Gasteiger partial charge is 0.229 e. The van der Waals surface area contributed by atoms with Crippen LogP contribution in [0.3, 0.4) is 0 Å². The minimum Gasteiger partial charge on any atom is -0.390 e. The quantitative estimate of drug-likeness (QED) is 0.851. The molecule has 2 rings (SSSR count). The maximum Gasteiger partial charge on any atom is 0.229 e. The first-order valence-electron chi connectivity index (χ1n) is 5.62. The fourth-order valence-corrected chi connectivity index (χ4v) is 1.56. The fraction of sp³-hybridized carbons (Fsp3) is 0.417. The van der Waals surface area contributed by atoms with Gasteiger partial charge in [0.15, 0.2) is 0 Å². The Hall–Kier alpha value is -1.79. The fourth-order valence-electron chi connectivity index (χ4n) is 1.56. The van der Waals surface area contributed by atoms with E-state index < -0.39 is 6.10 Å². The summed E-state index contributed by atoms with van der Waals surface area (Å²) in [5.41, 5.74) is 1.55. The van der Waals surface area contributed by atoms with Crippen molar-refractivity contribution in [3.63, 3.8) is 0 Å². The Labute approximate surface area is 105 Å². The molecule has 0 aliphatic rings. The number of hydrogen-bond acceptors (Lipinski definition) is 6. The van der Waals surface area contributed by atoms with Gasteiger partial charge in [0.1, 0.15) is 5.69 Å². The van der Waals surface area contributed by atoms with Crippen molar-refractivity contribution in [1.29, 1.82) is 0 Å². The van der Waals surface area contributed by atoms with Crippen molar-refractivity contribution in [2.24, 2.45) is 0 Å². The number of methoxy groups -OCH3 is 1. The third kappa shape index (κ3) is 3.12. The molecule has 2 aromatic heterocycles. The molecule has 6 heteroatoms. The van der Waals surface area contributed by atoms with Crippen molar-refractivity contribution >= 4 is 0 Å². The second-order valence-corrected chi connectivity index (χ2v) is 3.99. The molecule has 0 bridgehead atoms. The van der Waals surface area contributed by atoms with Crippen molar-refractivity contribution in [3.8, 4) is 11.5 Å². The number of aliphatic hydroxyl groups excluding tert-OH is 1. The lowest BCUT2D eigenvalue weighted by molar-refractivity contribution is 0.0599. The molecule has 0 amide bonds. The third-order valence-electron chi connectivity index (χ3n) is 2.35. The zero-order valence-electron chi connectivity index (χ0n) is 10.3. The number of aliphatic hydroxyl groups is 1. The molecule has 2 heterocycles. The first-order valence-corrected chi connectivity index (χ1v) is 5.62. The SMILES string of the molecule is COCC(O)Cc1nc(-c2cccc(C)n2)no1. The van der Waals surface area contributed by atoms with Crippen LogP contribution in [0.2, 0.25) is 0 Å². The first kappa shape index (κ1) is 12.7. The minimum absolute atomic E-state index is 0.237. The maximum atomic E-state index is 9.56. The van der Waals surface area contributed by atoms with E-state index >= 15 is 0 Å². The Bertz CT molecular complexity index is 513. The highest BCUT2D eigenvalue weighted by Crippen LogP contribution is 2.14. The summed E-state index contributed by atoms with van der Waals surface area (Å²) in [5, 5.41) is 13.4. The van der Waals surface area contributed by atoms with Crippen molar-refractivity contribution in [3.05, 3.63) is 29.8 Å². The van der Waals surface area contributed by atoms with Gasteiger partial charge in [-0.3, -0.25) is 0 Å². The second kappa shape index (κ2) is 5.70. The van der Waals surface area contributed by atoms with Crippen LogP contribution in [0, 0.1) is 6.92 Å². The van der Waals surface area contributed by atoms with E-state index in [9.17, 15) is 5.11 Å². The lowest BCUT2D eigenvalue weighted by Gasteiger charge is -2.04. The van der Waals surface area contributed by atoms with Crippen LogP contribution in [0.15, 0.2) is 22.7 Å². The molecule has 0 fully saturated rings. The molecule has 0 aliphatic heterocycles. The van der Waals surface area contributed by atoms with Crippen molar-refractivity contribution in [1.82, 2.24) is 15.1 Å². The summed E-state index contributed by atoms with van der Waals surface area (Å²) in [6, 6.07) is 5.59. The zero-order valence-corrected chi connectivity index (χ0v) is 10.3. The van der Waals surface area contributed by atoms with Gasteiger partial charge in [0, 0.05) is 12.8 Å². The molecule has 96 valence electrons. The summed E-state index contributed by atoms with van der Waals surface area (Å²) < 4.78 is 9.89. The van der Waals surface area contributed by atoms with Gasteiger partial charge in [-0.2, -0.15) is 4.98 Å². The molecular weight excluding hydrogens is 234 g/mol. The van der Waals surface area contributed by atoms with Crippen LogP contribution in [0.4, 0.5) is 0 Å². The summed E-state index contributed by atoms with van der Waals surface area (Å²) >= 11 is 0. The van der Waals surface area contributed by atoms with Crippen LogP contribution in [0.1, 0.15) is 11.6 Å². The topological polar surface area (TPSA) is 81.3 Å². The molecule has 0 saturated heterocycles. The van der Waals surface area contributed by atoms with Crippen LogP contribution < -0.4 is 0 Å². The summed E-state index contributed by atoms with van der Waals surface area (Å²) in [6.45, 7) is 2.13. The van der Waals surface area contributed by atoms with E-state index in [2.05, 4.69) is 15.1 Å². The summed E-state index contributed by atoms with van der Waals surface area (Å²) in [4.78, 5) is 8.49. The van der Waals surface area contributed by atoms with Crippen molar-refractivity contribution in [2.45, 2.75) is 19.4 Å². The molecule has 0 radical (unpaired) electrons. The average molecular weight is 249 g/mol. The molecule has 18 heavy (non-hydrogen) atoms. The molecule has 6 nitrogen and oxygen atoms in total. The van der Waals surface area contributed by atoms with Gasteiger partial charge in [0.2, 0.25) is 11.7 Å². The van der Waals surface area contributed by atoms with Crippen LogP contribution in [-0.2, 0) is 11.2 Å². The summed E-state index contributed by atoms with van der Waals surface area (Å²) in [5.74, 6) is 0.802. The van der Waals surface area contributed by atoms with Gasteiger partial charge < -0.3 is 14.4 Å². The number of nitrogens with zero attached hydrogens (tertiary/aromatic N) is 3. The molecule has 2 aromatic rings. The Morgan fingerprint density at radius 2 is 2.22 bits per heavy atom. The number of aryl methyl sites for hydroxylation is 1. The summed E-state index contributed by atoms with van der Waals surface area (Å²) in [6.07, 6.45) is -0.374. The van der Waals surface area contributed by atoms with Gasteiger partial charge in [-0.15, -0.1) is 0 Å². The van der Waals surface area contributed by atoms with Crippen LogP contribution >= 0.6 is 0 Å². The van der Waals surface area contributed by atoms with E-state index in [-0.39, 0.29) is 13.0 Å². The molecular formula is C12H15N3O3. The normalized spacial score (nSPS) is 12.6. The van der Waals surface area contributed by atoms with Crippen molar-refractivity contribution in [2.75, 3.05) is 13.7 Å². The maximum absolute atomic E-state index is 9.56. The standard InChI is InChI=1S/C12H15N3O3/c1-8-4-3-5-10(13-8)12-14-11(18-15-12)6-9(16)7-17-2/h3-5,9,16H,6-7H2,1-2H3. The number of aromatic nitrogens is 3. The Kier molecular flexibility index (Phi) is 4.01. The number of ether oxygens (including phenoxy) is 1. The first-order chi connectivity index (χ1) is 8.69. The van der Waals surface area contributed by atoms with Crippen molar-refractivity contribution < 1.29 is 14.4 Å². The number of rotatable bonds is 5. The lowest BCUT2D eigenvalue weighted by atomic mass is 10.2. The van der Waals surface area contributed by atoms with E-state index in [0.717, 1.165) is 5.69 Å². The number of pyridine rings is 1. The van der Waals surface area contributed by atoms with Crippen LogP contribution in [0.25, 0.3) is 11.5 Å². The minimum atomic E-state index is -0.645. The van der Waals surface area contributed by atoms with Gasteiger partial charge in [-0.25, -0.2) is 4.98 Å². The van der Waals surface area contributed by atoms with E-state index in [1.165, 1.54) is 7.11 Å². The molecule has 0 aromatic carbocycles. The van der Waals surface area contributed by atoms with E-state index in [4.69, 9.17) is 9.26 Å². The molecule has 0 saturated carbocycles. The predicted octanol–water partition coefficient (Wildman–Crippen LogP) is 0.990. The van der Waals surface area contributed by atoms with E-state index in [1.54, 1.807) is 0 Å². The second-order valence-electron chi connectivity index (χ2n) is 3.99. The van der Waals surface area contributed by atoms with Gasteiger partial charge in [-0.1, -0.05) is 11.2 Å². The highest BCUT2D eigenvalue weighted by molar-refractivity contribution is 5.47. The Morgan fingerprint density at radius 1 is 1.39 bits per heavy atom. The average Bonchev–Trinajstić information content (AvgIpc) is 2.78. The van der Waals surface area contributed by atoms with Gasteiger partial charge in [0.25, 0.3) is 0 Å². The Morgan fingerprint density at radius 3 is 2.94 bits per heavy atom. The highest BCUT2D eigenvalue weighted by atomic mass is 16.5. The molecule has 0 aliphatic carbocycles. The van der Waals surface area contributed by atoms with Gasteiger partial charge in [-0.05, 0) is 19.1 Å². The molecule has 1 atom stereocenters. The Balaban J connectivity index is 2.10. The van der Waals surface area contributed by atoms with E-state index in [1.807, 2.05) is 25.1 Å². The monoisotopic (exact) mass is 249 g/mol. The molecule has 0 spiro atoms. The molecule has 1 unspecified atom stereocenters. The summed E-state index contributed by atoms with van der Waals surface area (Å²) in [7, 11) is 1.53. The van der Waals surface area contributed by atoms with E-state index in [0.29, 0.717) is 17.4 Å². The predicted molar refractivity (Wildman–Crippen MR) is 63.9 cm³/mol. The van der Waals surface area contributed by atoms with Gasteiger partial charge >= 0.3 is 0 Å². The highest BCUT2D eigenvalue weighted by Gasteiger charge is 2.13. The number of hydrogen-bond donors (Lipinski definition) is 1. The lowest BCUT2D eigenvalue weighted by Crippen LogP contribution is -2.17. The third-order valence-corrected chi connectivity index (χ3v) is 2.35. The zero-order chi connectivity index (χ0) is 13.0. The van der Waals surface area contributed by atoms with Crippen LogP contribution in [-0.4, -0.2) is 40.1 Å².